The molecular weight excluding hydrogens is 376 g/mol. The van der Waals surface area contributed by atoms with Crippen LogP contribution in [0.3, 0.4) is 0 Å². The number of benzene rings is 1. The second kappa shape index (κ2) is 7.50. The summed E-state index contributed by atoms with van der Waals surface area (Å²) >= 11 is 0. The van der Waals surface area contributed by atoms with Crippen LogP contribution in [0.25, 0.3) is 0 Å². The summed E-state index contributed by atoms with van der Waals surface area (Å²) in [5.74, 6) is -1.20. The van der Waals surface area contributed by atoms with Gasteiger partial charge in [-0.2, -0.15) is 0 Å². The fourth-order valence-electron chi connectivity index (χ4n) is 5.05. The molecule has 8 heteroatoms. The molecule has 1 N–H and O–H groups in total. The van der Waals surface area contributed by atoms with Crippen LogP contribution in [0.5, 0.6) is 5.75 Å². The quantitative estimate of drug-likeness (QED) is 0.575. The Morgan fingerprint density at radius 2 is 1.69 bits per heavy atom. The molecule has 3 fully saturated rings. The van der Waals surface area contributed by atoms with Gasteiger partial charge in [0.25, 0.3) is 5.91 Å². The van der Waals surface area contributed by atoms with Crippen LogP contribution in [-0.2, 0) is 23.9 Å². The summed E-state index contributed by atoms with van der Waals surface area (Å²) in [6.45, 7) is 0.978. The van der Waals surface area contributed by atoms with Gasteiger partial charge in [0.05, 0.1) is 18.9 Å². The van der Waals surface area contributed by atoms with Gasteiger partial charge in [-0.25, -0.2) is 4.79 Å². The predicted molar refractivity (Wildman–Crippen MR) is 102 cm³/mol. The molecule has 2 saturated carbocycles. The molecule has 29 heavy (non-hydrogen) atoms. The highest BCUT2D eigenvalue weighted by atomic mass is 16.5. The van der Waals surface area contributed by atoms with Crippen LogP contribution in [0.1, 0.15) is 26.2 Å². The van der Waals surface area contributed by atoms with Crippen molar-refractivity contribution >= 4 is 29.4 Å². The molecule has 3 aliphatic rings. The SMILES string of the molecule is COc1ccc(NC(=O)COC(=O)[C@H](C)N2C(=O)[C@@H]3[C@H]4CC[C@@H](C4)[C@@H]3C2=O)cc1. The minimum absolute atomic E-state index is 0.255. The van der Waals surface area contributed by atoms with Gasteiger partial charge in [0.2, 0.25) is 11.8 Å². The Kier molecular flexibility index (Phi) is 5.02. The van der Waals surface area contributed by atoms with Gasteiger partial charge < -0.3 is 14.8 Å². The average molecular weight is 400 g/mol. The first-order valence-electron chi connectivity index (χ1n) is 9.88. The molecule has 1 aromatic carbocycles. The van der Waals surface area contributed by atoms with E-state index < -0.39 is 24.5 Å². The van der Waals surface area contributed by atoms with E-state index in [0.29, 0.717) is 11.4 Å². The second-order valence-electron chi connectivity index (χ2n) is 7.99. The van der Waals surface area contributed by atoms with Crippen molar-refractivity contribution in [3.8, 4) is 5.75 Å². The molecule has 1 aromatic rings. The number of amides is 3. The molecule has 8 nitrogen and oxygen atoms in total. The van der Waals surface area contributed by atoms with Crippen LogP contribution in [0, 0.1) is 23.7 Å². The molecule has 2 aliphatic carbocycles. The number of likely N-dealkylation sites (tertiary alicyclic amines) is 1. The van der Waals surface area contributed by atoms with E-state index in [2.05, 4.69) is 5.32 Å². The summed E-state index contributed by atoms with van der Waals surface area (Å²) in [4.78, 5) is 51.0. The zero-order chi connectivity index (χ0) is 20.7. The van der Waals surface area contributed by atoms with Crippen LogP contribution in [0.2, 0.25) is 0 Å². The summed E-state index contributed by atoms with van der Waals surface area (Å²) in [6.07, 6.45) is 2.89. The molecular formula is C21H24N2O6. The molecule has 0 spiro atoms. The number of methoxy groups -OCH3 is 1. The summed E-state index contributed by atoms with van der Waals surface area (Å²) in [7, 11) is 1.54. The molecule has 2 bridgehead atoms. The van der Waals surface area contributed by atoms with Gasteiger partial charge in [-0.3, -0.25) is 19.3 Å². The van der Waals surface area contributed by atoms with Gasteiger partial charge in [-0.05, 0) is 62.3 Å². The number of ether oxygens (including phenoxy) is 2. The Balaban J connectivity index is 1.32. The van der Waals surface area contributed by atoms with Crippen molar-refractivity contribution in [2.24, 2.45) is 23.7 Å². The third-order valence-electron chi connectivity index (χ3n) is 6.41. The number of nitrogens with zero attached hydrogens (tertiary/aromatic N) is 1. The number of nitrogens with one attached hydrogen (secondary N) is 1. The van der Waals surface area contributed by atoms with Crippen molar-refractivity contribution in [1.29, 1.82) is 0 Å². The van der Waals surface area contributed by atoms with Crippen molar-refractivity contribution in [2.75, 3.05) is 19.0 Å². The molecule has 0 aromatic heterocycles. The predicted octanol–water partition coefficient (Wildman–Crippen LogP) is 1.60. The Morgan fingerprint density at radius 1 is 1.10 bits per heavy atom. The number of carbonyl (C=O) groups excluding carboxylic acids is 4. The number of anilines is 1. The van der Waals surface area contributed by atoms with Gasteiger partial charge in [0.1, 0.15) is 11.8 Å². The van der Waals surface area contributed by atoms with Gasteiger partial charge >= 0.3 is 5.97 Å². The summed E-state index contributed by atoms with van der Waals surface area (Å²) in [5, 5.41) is 2.61. The fraction of sp³-hybridized carbons (Fsp3) is 0.524. The highest BCUT2D eigenvalue weighted by Crippen LogP contribution is 2.56. The van der Waals surface area contributed by atoms with E-state index in [1.165, 1.54) is 6.92 Å². The maximum atomic E-state index is 12.8. The topological polar surface area (TPSA) is 102 Å². The van der Waals surface area contributed by atoms with E-state index in [1.807, 2.05) is 0 Å². The smallest absolute Gasteiger partial charge is 0.329 e. The monoisotopic (exact) mass is 400 g/mol. The zero-order valence-electron chi connectivity index (χ0n) is 16.4. The van der Waals surface area contributed by atoms with Crippen LogP contribution in [0.4, 0.5) is 5.69 Å². The maximum absolute atomic E-state index is 12.8. The standard InChI is InChI=1S/C21H24N2O6/c1-11(23-19(25)17-12-3-4-13(9-12)18(17)20(23)26)21(27)29-10-16(24)22-14-5-7-15(28-2)8-6-14/h5-8,11-13,17-18H,3-4,9-10H2,1-2H3,(H,22,24)/t11-,12-,13-,17-,18+/m0/s1. The molecule has 4 rings (SSSR count). The Bertz CT molecular complexity index is 823. The van der Waals surface area contributed by atoms with Gasteiger partial charge in [-0.15, -0.1) is 0 Å². The Morgan fingerprint density at radius 3 is 2.24 bits per heavy atom. The maximum Gasteiger partial charge on any atom is 0.329 e. The molecule has 0 radical (unpaired) electrons. The first-order chi connectivity index (χ1) is 13.9. The van der Waals surface area contributed by atoms with Crippen molar-refractivity contribution in [3.63, 3.8) is 0 Å². The lowest BCUT2D eigenvalue weighted by atomic mass is 9.81. The highest BCUT2D eigenvalue weighted by molar-refractivity contribution is 6.08. The van der Waals surface area contributed by atoms with Gasteiger partial charge in [0.15, 0.2) is 6.61 Å². The molecule has 1 heterocycles. The molecule has 3 amide bonds. The average Bonchev–Trinajstić information content (AvgIpc) is 3.40. The number of imide groups is 1. The molecule has 0 unspecified atom stereocenters. The summed E-state index contributed by atoms with van der Waals surface area (Å²) < 4.78 is 10.1. The number of esters is 1. The first kappa shape index (κ1) is 19.4. The number of hydrogen-bond donors (Lipinski definition) is 1. The second-order valence-corrected chi connectivity index (χ2v) is 7.99. The minimum atomic E-state index is -1.03. The van der Waals surface area contributed by atoms with E-state index in [4.69, 9.17) is 9.47 Å². The fourth-order valence-corrected chi connectivity index (χ4v) is 5.05. The lowest BCUT2D eigenvalue weighted by Gasteiger charge is -2.23. The van der Waals surface area contributed by atoms with Crippen molar-refractivity contribution in [1.82, 2.24) is 4.90 Å². The third kappa shape index (κ3) is 3.36. The van der Waals surface area contributed by atoms with Crippen molar-refractivity contribution in [2.45, 2.75) is 32.2 Å². The van der Waals surface area contributed by atoms with E-state index in [-0.39, 0.29) is 35.5 Å². The zero-order valence-corrected chi connectivity index (χ0v) is 16.4. The third-order valence-corrected chi connectivity index (χ3v) is 6.41. The van der Waals surface area contributed by atoms with E-state index in [1.54, 1.807) is 31.4 Å². The van der Waals surface area contributed by atoms with Crippen LogP contribution in [-0.4, -0.2) is 48.3 Å². The molecule has 1 saturated heterocycles. The molecule has 5 atom stereocenters. The number of hydrogen-bond acceptors (Lipinski definition) is 6. The summed E-state index contributed by atoms with van der Waals surface area (Å²) in [6, 6.07) is 5.68. The van der Waals surface area contributed by atoms with E-state index >= 15 is 0 Å². The first-order valence-corrected chi connectivity index (χ1v) is 9.88. The minimum Gasteiger partial charge on any atom is -0.497 e. The van der Waals surface area contributed by atoms with Crippen LogP contribution >= 0.6 is 0 Å². The normalized spacial score (nSPS) is 28.3. The van der Waals surface area contributed by atoms with Gasteiger partial charge in [-0.1, -0.05) is 0 Å². The lowest BCUT2D eigenvalue weighted by Crippen LogP contribution is -2.45. The molecule has 154 valence electrons. The van der Waals surface area contributed by atoms with E-state index in [0.717, 1.165) is 24.2 Å². The van der Waals surface area contributed by atoms with Crippen LogP contribution in [0.15, 0.2) is 24.3 Å². The Labute approximate surface area is 168 Å². The largest absolute Gasteiger partial charge is 0.497 e. The highest BCUT2D eigenvalue weighted by Gasteiger charge is 2.62. The Hall–Kier alpha value is -2.90. The number of fused-ring (bicyclic) bond motifs is 5. The van der Waals surface area contributed by atoms with Gasteiger partial charge in [0, 0.05) is 5.69 Å². The van der Waals surface area contributed by atoms with Crippen LogP contribution < -0.4 is 10.1 Å². The van der Waals surface area contributed by atoms with Crippen molar-refractivity contribution < 1.29 is 28.7 Å². The summed E-state index contributed by atoms with van der Waals surface area (Å²) in [5.41, 5.74) is 0.535. The van der Waals surface area contributed by atoms with E-state index in [9.17, 15) is 19.2 Å². The lowest BCUT2D eigenvalue weighted by molar-refractivity contribution is -0.159. The number of rotatable bonds is 6. The molecule has 1 aliphatic heterocycles. The van der Waals surface area contributed by atoms with Crippen molar-refractivity contribution in [3.05, 3.63) is 24.3 Å². The number of carbonyl (C=O) groups is 4.